The second-order valence-electron chi connectivity index (χ2n) is 3.88. The van der Waals surface area contributed by atoms with E-state index in [0.29, 0.717) is 12.5 Å². The van der Waals surface area contributed by atoms with Crippen LogP contribution in [-0.2, 0) is 6.54 Å². The van der Waals surface area contributed by atoms with E-state index in [4.69, 9.17) is 0 Å². The minimum absolute atomic E-state index is 0.616. The highest BCUT2D eigenvalue weighted by molar-refractivity contribution is 5.45. The van der Waals surface area contributed by atoms with E-state index < -0.39 is 0 Å². The lowest BCUT2D eigenvalue weighted by molar-refractivity contribution is 0.930. The van der Waals surface area contributed by atoms with E-state index in [1.165, 1.54) is 5.56 Å². The minimum atomic E-state index is 0.616. The molecule has 0 aliphatic rings. The standard InChI is InChI=1S/C11H12N6/c1-8-3-5-17-10(6-8)14-11(16-17)12-7-9-2-4-13-15-9/h2-6H,7H2,1H3,(H,12,16)(H,13,15). The number of anilines is 1. The van der Waals surface area contributed by atoms with Crippen molar-refractivity contribution in [1.29, 1.82) is 0 Å². The molecule has 0 aliphatic heterocycles. The predicted octanol–water partition coefficient (Wildman–Crippen LogP) is 1.37. The fourth-order valence-corrected chi connectivity index (χ4v) is 1.62. The molecule has 0 amide bonds. The summed E-state index contributed by atoms with van der Waals surface area (Å²) in [6, 6.07) is 5.90. The molecule has 6 nitrogen and oxygen atoms in total. The Morgan fingerprint density at radius 2 is 2.35 bits per heavy atom. The number of aryl methyl sites for hydroxylation is 1. The molecule has 3 rings (SSSR count). The van der Waals surface area contributed by atoms with E-state index >= 15 is 0 Å². The third-order valence-corrected chi connectivity index (χ3v) is 2.49. The van der Waals surface area contributed by atoms with Crippen molar-refractivity contribution in [2.45, 2.75) is 13.5 Å². The van der Waals surface area contributed by atoms with Gasteiger partial charge < -0.3 is 5.32 Å². The summed E-state index contributed by atoms with van der Waals surface area (Å²) in [5, 5.41) is 14.2. The van der Waals surface area contributed by atoms with Gasteiger partial charge in [0.15, 0.2) is 5.65 Å². The number of nitrogens with one attached hydrogen (secondary N) is 2. The van der Waals surface area contributed by atoms with E-state index in [1.807, 2.05) is 31.3 Å². The summed E-state index contributed by atoms with van der Waals surface area (Å²) in [4.78, 5) is 4.38. The first kappa shape index (κ1) is 9.83. The number of hydrogen-bond acceptors (Lipinski definition) is 4. The quantitative estimate of drug-likeness (QED) is 0.710. The second kappa shape index (κ2) is 3.89. The molecule has 17 heavy (non-hydrogen) atoms. The normalized spacial score (nSPS) is 10.9. The highest BCUT2D eigenvalue weighted by Crippen LogP contribution is 2.08. The van der Waals surface area contributed by atoms with Crippen molar-refractivity contribution in [2.75, 3.05) is 5.32 Å². The number of aromatic amines is 1. The van der Waals surface area contributed by atoms with Gasteiger partial charge >= 0.3 is 0 Å². The van der Waals surface area contributed by atoms with E-state index in [9.17, 15) is 0 Å². The molecule has 2 N–H and O–H groups in total. The molecule has 0 saturated carbocycles. The lowest BCUT2D eigenvalue weighted by atomic mass is 10.3. The van der Waals surface area contributed by atoms with E-state index in [2.05, 4.69) is 25.6 Å². The molecule has 0 aliphatic carbocycles. The molecule has 0 fully saturated rings. The highest BCUT2D eigenvalue weighted by atomic mass is 15.3. The molecule has 86 valence electrons. The number of rotatable bonds is 3. The van der Waals surface area contributed by atoms with Crippen LogP contribution in [0.25, 0.3) is 5.65 Å². The van der Waals surface area contributed by atoms with Crippen LogP contribution in [0, 0.1) is 6.92 Å². The largest absolute Gasteiger partial charge is 0.347 e. The third kappa shape index (κ3) is 1.96. The Morgan fingerprint density at radius 3 is 3.18 bits per heavy atom. The van der Waals surface area contributed by atoms with Crippen LogP contribution in [-0.4, -0.2) is 24.8 Å². The molecule has 0 spiro atoms. The number of aromatic nitrogens is 5. The molecule has 0 aromatic carbocycles. The lowest BCUT2D eigenvalue weighted by Crippen LogP contribution is -2.01. The molecule has 3 aromatic rings. The number of fused-ring (bicyclic) bond motifs is 1. The Balaban J connectivity index is 1.81. The van der Waals surface area contributed by atoms with Crippen LogP contribution in [0.5, 0.6) is 0 Å². The predicted molar refractivity (Wildman–Crippen MR) is 63.6 cm³/mol. The maximum absolute atomic E-state index is 4.38. The van der Waals surface area contributed by atoms with Gasteiger partial charge in [-0.2, -0.15) is 10.1 Å². The van der Waals surface area contributed by atoms with Crippen molar-refractivity contribution in [3.63, 3.8) is 0 Å². The first-order chi connectivity index (χ1) is 8.31. The summed E-state index contributed by atoms with van der Waals surface area (Å²) in [5.41, 5.74) is 3.02. The first-order valence-electron chi connectivity index (χ1n) is 5.36. The Labute approximate surface area is 97.7 Å². The van der Waals surface area contributed by atoms with Crippen LogP contribution in [0.3, 0.4) is 0 Å². The van der Waals surface area contributed by atoms with Gasteiger partial charge in [-0.3, -0.25) is 5.10 Å². The number of pyridine rings is 1. The highest BCUT2D eigenvalue weighted by Gasteiger charge is 2.03. The Kier molecular flexibility index (Phi) is 2.25. The zero-order valence-electron chi connectivity index (χ0n) is 9.38. The van der Waals surface area contributed by atoms with Crippen molar-refractivity contribution >= 4 is 11.6 Å². The van der Waals surface area contributed by atoms with Gasteiger partial charge in [0.05, 0.1) is 12.2 Å². The summed E-state index contributed by atoms with van der Waals surface area (Å²) in [5.74, 6) is 0.616. The van der Waals surface area contributed by atoms with Crippen LogP contribution >= 0.6 is 0 Å². The summed E-state index contributed by atoms with van der Waals surface area (Å²) in [7, 11) is 0. The van der Waals surface area contributed by atoms with Gasteiger partial charge in [0, 0.05) is 12.4 Å². The lowest BCUT2D eigenvalue weighted by Gasteiger charge is -1.96. The van der Waals surface area contributed by atoms with Crippen molar-refractivity contribution in [3.8, 4) is 0 Å². The second-order valence-corrected chi connectivity index (χ2v) is 3.88. The van der Waals surface area contributed by atoms with E-state index in [0.717, 1.165) is 11.3 Å². The van der Waals surface area contributed by atoms with Crippen LogP contribution in [0.4, 0.5) is 5.95 Å². The molecule has 0 radical (unpaired) electrons. The van der Waals surface area contributed by atoms with Crippen molar-refractivity contribution in [1.82, 2.24) is 24.8 Å². The first-order valence-corrected chi connectivity index (χ1v) is 5.36. The molecular weight excluding hydrogens is 216 g/mol. The maximum atomic E-state index is 4.38. The number of hydrogen-bond donors (Lipinski definition) is 2. The molecular formula is C11H12N6. The Morgan fingerprint density at radius 1 is 1.41 bits per heavy atom. The van der Waals surface area contributed by atoms with Gasteiger partial charge in [0.25, 0.3) is 0 Å². The van der Waals surface area contributed by atoms with Gasteiger partial charge in [0.2, 0.25) is 5.95 Å². The maximum Gasteiger partial charge on any atom is 0.243 e. The van der Waals surface area contributed by atoms with Crippen molar-refractivity contribution < 1.29 is 0 Å². The number of H-pyrrole nitrogens is 1. The van der Waals surface area contributed by atoms with Crippen molar-refractivity contribution in [2.24, 2.45) is 0 Å². The SMILES string of the molecule is Cc1ccn2nc(NCc3ccn[nH]3)nc2c1. The van der Waals surface area contributed by atoms with Crippen LogP contribution in [0.2, 0.25) is 0 Å². The van der Waals surface area contributed by atoms with Crippen LogP contribution in [0.15, 0.2) is 30.6 Å². The topological polar surface area (TPSA) is 70.9 Å². The van der Waals surface area contributed by atoms with Gasteiger partial charge in [-0.15, -0.1) is 5.10 Å². The van der Waals surface area contributed by atoms with Gasteiger partial charge in [-0.05, 0) is 30.7 Å². The van der Waals surface area contributed by atoms with E-state index in [-0.39, 0.29) is 0 Å². The molecule has 0 unspecified atom stereocenters. The molecule has 0 saturated heterocycles. The smallest absolute Gasteiger partial charge is 0.243 e. The average Bonchev–Trinajstić information content (AvgIpc) is 2.94. The summed E-state index contributed by atoms with van der Waals surface area (Å²) in [6.45, 7) is 2.67. The van der Waals surface area contributed by atoms with Crippen LogP contribution in [0.1, 0.15) is 11.3 Å². The zero-order valence-corrected chi connectivity index (χ0v) is 9.38. The number of nitrogens with zero attached hydrogens (tertiary/aromatic N) is 4. The zero-order chi connectivity index (χ0) is 11.7. The monoisotopic (exact) mass is 228 g/mol. The van der Waals surface area contributed by atoms with E-state index in [1.54, 1.807) is 10.7 Å². The summed E-state index contributed by atoms with van der Waals surface area (Å²) < 4.78 is 1.75. The Hall–Kier alpha value is -2.37. The fraction of sp³-hybridized carbons (Fsp3) is 0.182. The summed E-state index contributed by atoms with van der Waals surface area (Å²) in [6.07, 6.45) is 3.62. The Bertz CT molecular complexity index is 625. The van der Waals surface area contributed by atoms with Gasteiger partial charge in [0.1, 0.15) is 0 Å². The molecule has 3 heterocycles. The molecule has 3 aromatic heterocycles. The minimum Gasteiger partial charge on any atom is -0.347 e. The van der Waals surface area contributed by atoms with Crippen molar-refractivity contribution in [3.05, 3.63) is 41.9 Å². The van der Waals surface area contributed by atoms with Gasteiger partial charge in [-0.25, -0.2) is 4.52 Å². The third-order valence-electron chi connectivity index (χ3n) is 2.49. The summed E-state index contributed by atoms with van der Waals surface area (Å²) >= 11 is 0. The molecule has 0 bridgehead atoms. The molecule has 6 heteroatoms. The fourth-order valence-electron chi connectivity index (χ4n) is 1.62. The average molecular weight is 228 g/mol. The van der Waals surface area contributed by atoms with Gasteiger partial charge in [-0.1, -0.05) is 0 Å². The van der Waals surface area contributed by atoms with Crippen LogP contribution < -0.4 is 5.32 Å². The molecule has 0 atom stereocenters.